The lowest BCUT2D eigenvalue weighted by molar-refractivity contribution is 0.102. The Balaban J connectivity index is 2.05. The van der Waals surface area contributed by atoms with Gasteiger partial charge in [-0.3, -0.25) is 4.79 Å². The van der Waals surface area contributed by atoms with Gasteiger partial charge in [-0.25, -0.2) is 17.2 Å². The predicted octanol–water partition coefficient (Wildman–Crippen LogP) is 4.24. The number of hydrogen-bond donors (Lipinski definition) is 1. The van der Waals surface area contributed by atoms with Crippen molar-refractivity contribution >= 4 is 33.0 Å². The summed E-state index contributed by atoms with van der Waals surface area (Å²) in [6.45, 7) is 1.42. The lowest BCUT2D eigenvalue weighted by atomic mass is 10.0. The van der Waals surface area contributed by atoms with Crippen molar-refractivity contribution in [3.8, 4) is 11.3 Å². The maximum atomic E-state index is 14.2. The van der Waals surface area contributed by atoms with Gasteiger partial charge in [0, 0.05) is 6.26 Å². The molecule has 0 saturated carbocycles. The number of carbonyl (C=O) groups is 1. The van der Waals surface area contributed by atoms with Crippen molar-refractivity contribution in [2.45, 2.75) is 11.8 Å². The second kappa shape index (κ2) is 7.33. The highest BCUT2D eigenvalue weighted by Gasteiger charge is 2.26. The Morgan fingerprint density at radius 1 is 1.18 bits per heavy atom. The highest BCUT2D eigenvalue weighted by atomic mass is 35.5. The molecule has 6 nitrogen and oxygen atoms in total. The zero-order valence-corrected chi connectivity index (χ0v) is 16.2. The molecule has 1 heterocycles. The minimum atomic E-state index is -3.62. The smallest absolute Gasteiger partial charge is 0.261 e. The average molecular weight is 427 g/mol. The van der Waals surface area contributed by atoms with Gasteiger partial charge in [-0.2, -0.15) is 0 Å². The monoisotopic (exact) mass is 426 g/mol. The van der Waals surface area contributed by atoms with Gasteiger partial charge >= 0.3 is 0 Å². The third-order valence-electron chi connectivity index (χ3n) is 3.90. The van der Waals surface area contributed by atoms with Crippen LogP contribution in [0.25, 0.3) is 11.3 Å². The first-order valence-electron chi connectivity index (χ1n) is 7.81. The summed E-state index contributed by atoms with van der Waals surface area (Å²) < 4.78 is 56.6. The molecule has 0 unspecified atom stereocenters. The van der Waals surface area contributed by atoms with Gasteiger partial charge in [-0.05, 0) is 37.3 Å². The van der Waals surface area contributed by atoms with Crippen molar-refractivity contribution in [3.05, 3.63) is 64.4 Å². The topological polar surface area (TPSA) is 89.3 Å². The van der Waals surface area contributed by atoms with E-state index in [9.17, 15) is 22.0 Å². The number of anilines is 1. The number of carbonyl (C=O) groups excluding carboxylic acids is 1. The average Bonchev–Trinajstić information content (AvgIpc) is 2.97. The fraction of sp³-hybridized carbons (Fsp3) is 0.111. The molecule has 10 heteroatoms. The van der Waals surface area contributed by atoms with Crippen LogP contribution in [0.15, 0.2) is 45.8 Å². The molecule has 0 fully saturated rings. The Kier molecular flexibility index (Phi) is 5.22. The van der Waals surface area contributed by atoms with Crippen LogP contribution in [0.1, 0.15) is 16.1 Å². The van der Waals surface area contributed by atoms with Crippen LogP contribution in [0.5, 0.6) is 0 Å². The van der Waals surface area contributed by atoms with E-state index < -0.39 is 27.4 Å². The molecule has 3 rings (SSSR count). The predicted molar refractivity (Wildman–Crippen MR) is 99.1 cm³/mol. The van der Waals surface area contributed by atoms with E-state index in [1.54, 1.807) is 0 Å². The molecule has 146 valence electrons. The van der Waals surface area contributed by atoms with E-state index in [0.29, 0.717) is 0 Å². The molecule has 0 atom stereocenters. The highest BCUT2D eigenvalue weighted by Crippen LogP contribution is 2.34. The van der Waals surface area contributed by atoms with Crippen LogP contribution in [-0.4, -0.2) is 25.7 Å². The number of benzene rings is 2. The molecule has 2 aromatic carbocycles. The Morgan fingerprint density at radius 3 is 2.54 bits per heavy atom. The third kappa shape index (κ3) is 3.76. The van der Waals surface area contributed by atoms with Gasteiger partial charge in [0.05, 0.1) is 21.2 Å². The molecule has 0 saturated heterocycles. The summed E-state index contributed by atoms with van der Waals surface area (Å²) in [5.41, 5.74) is -0.815. The minimum Gasteiger partial charge on any atom is -0.360 e. The van der Waals surface area contributed by atoms with E-state index in [1.807, 2.05) is 0 Å². The molecule has 0 radical (unpaired) electrons. The van der Waals surface area contributed by atoms with Crippen LogP contribution in [0, 0.1) is 18.6 Å². The minimum absolute atomic E-state index is 0.00704. The summed E-state index contributed by atoms with van der Waals surface area (Å²) in [6, 6.07) is 6.93. The van der Waals surface area contributed by atoms with Crippen molar-refractivity contribution in [1.82, 2.24) is 5.16 Å². The highest BCUT2D eigenvalue weighted by molar-refractivity contribution is 7.90. The Morgan fingerprint density at radius 2 is 1.89 bits per heavy atom. The molecular formula is C18H13ClF2N2O4S. The van der Waals surface area contributed by atoms with Gasteiger partial charge in [0.2, 0.25) is 0 Å². The van der Waals surface area contributed by atoms with E-state index in [2.05, 4.69) is 10.5 Å². The normalized spacial score (nSPS) is 11.5. The van der Waals surface area contributed by atoms with Crippen LogP contribution >= 0.6 is 11.6 Å². The summed E-state index contributed by atoms with van der Waals surface area (Å²) in [6.07, 6.45) is 0.953. The van der Waals surface area contributed by atoms with Gasteiger partial charge in [-0.1, -0.05) is 22.8 Å². The number of sulfone groups is 1. The molecule has 0 aliphatic heterocycles. The number of rotatable bonds is 4. The van der Waals surface area contributed by atoms with E-state index >= 15 is 0 Å². The molecule has 0 aliphatic rings. The summed E-state index contributed by atoms with van der Waals surface area (Å²) in [5, 5.41) is 5.98. The number of hydrogen-bond acceptors (Lipinski definition) is 5. The first-order chi connectivity index (χ1) is 13.1. The zero-order chi connectivity index (χ0) is 20.6. The van der Waals surface area contributed by atoms with Crippen LogP contribution < -0.4 is 5.32 Å². The van der Waals surface area contributed by atoms with Crippen molar-refractivity contribution in [3.63, 3.8) is 0 Å². The van der Waals surface area contributed by atoms with E-state index in [4.69, 9.17) is 16.1 Å². The largest absolute Gasteiger partial charge is 0.360 e. The summed E-state index contributed by atoms with van der Waals surface area (Å²) >= 11 is 6.03. The van der Waals surface area contributed by atoms with E-state index in [-0.39, 0.29) is 38.2 Å². The molecule has 28 heavy (non-hydrogen) atoms. The first kappa shape index (κ1) is 20.0. The number of aryl methyl sites for hydroxylation is 1. The first-order valence-corrected chi connectivity index (χ1v) is 10.1. The molecule has 0 bridgehead atoms. The fourth-order valence-corrected chi connectivity index (χ4v) is 3.45. The fourth-order valence-electron chi connectivity index (χ4n) is 2.55. The van der Waals surface area contributed by atoms with Crippen molar-refractivity contribution in [2.75, 3.05) is 11.6 Å². The quantitative estimate of drug-likeness (QED) is 0.630. The summed E-state index contributed by atoms with van der Waals surface area (Å²) in [5.74, 6) is -2.38. The number of nitrogens with one attached hydrogen (secondary N) is 1. The molecule has 3 aromatic rings. The molecule has 0 aliphatic carbocycles. The van der Waals surface area contributed by atoms with E-state index in [0.717, 1.165) is 30.5 Å². The molecule has 1 amide bonds. The molecular weight excluding hydrogens is 414 g/mol. The molecule has 1 N–H and O–H groups in total. The second-order valence-electron chi connectivity index (χ2n) is 5.93. The van der Waals surface area contributed by atoms with Crippen molar-refractivity contribution < 1.29 is 26.5 Å². The Bertz CT molecular complexity index is 1170. The van der Waals surface area contributed by atoms with Crippen LogP contribution in [0.4, 0.5) is 14.5 Å². The lowest BCUT2D eigenvalue weighted by Crippen LogP contribution is -2.15. The second-order valence-corrected chi connectivity index (χ2v) is 8.35. The van der Waals surface area contributed by atoms with Gasteiger partial charge in [0.1, 0.15) is 28.7 Å². The number of aromatic nitrogens is 1. The van der Waals surface area contributed by atoms with Crippen molar-refractivity contribution in [1.29, 1.82) is 0 Å². The van der Waals surface area contributed by atoms with Gasteiger partial charge in [-0.15, -0.1) is 0 Å². The summed E-state index contributed by atoms with van der Waals surface area (Å²) in [4.78, 5) is 12.6. The van der Waals surface area contributed by atoms with Gasteiger partial charge in [0.15, 0.2) is 9.84 Å². The lowest BCUT2D eigenvalue weighted by Gasteiger charge is -2.09. The molecule has 0 spiro atoms. The molecule has 1 aromatic heterocycles. The number of nitrogens with zero attached hydrogens (tertiary/aromatic N) is 1. The maximum absolute atomic E-state index is 14.2. The zero-order valence-electron chi connectivity index (χ0n) is 14.6. The SMILES string of the molecule is Cc1onc(-c2c(F)cccc2Cl)c1C(=O)Nc1cc(S(C)(=O)=O)ccc1F. The van der Waals surface area contributed by atoms with Crippen molar-refractivity contribution in [2.24, 2.45) is 0 Å². The number of amides is 1. The van der Waals surface area contributed by atoms with Gasteiger partial charge in [0.25, 0.3) is 5.91 Å². The Labute approximate surface area is 164 Å². The van der Waals surface area contributed by atoms with Crippen LogP contribution in [-0.2, 0) is 9.84 Å². The Hall–Kier alpha value is -2.78. The number of halogens is 3. The van der Waals surface area contributed by atoms with E-state index in [1.165, 1.54) is 19.1 Å². The maximum Gasteiger partial charge on any atom is 0.261 e. The van der Waals surface area contributed by atoms with Crippen LogP contribution in [0.2, 0.25) is 5.02 Å². The van der Waals surface area contributed by atoms with Gasteiger partial charge < -0.3 is 9.84 Å². The summed E-state index contributed by atoms with van der Waals surface area (Å²) in [7, 11) is -3.62. The van der Waals surface area contributed by atoms with Crippen LogP contribution in [0.3, 0.4) is 0 Å². The standard InChI is InChI=1S/C18H13ClF2N2O4S/c1-9-15(17(23-27-9)16-11(19)4-3-5-13(16)21)18(24)22-14-8-10(28(2,25)26)6-7-12(14)20/h3-8H,1-2H3,(H,22,24). The third-order valence-corrected chi connectivity index (χ3v) is 5.33.